The largest absolute Gasteiger partial charge is 0.347 e. The van der Waals surface area contributed by atoms with Gasteiger partial charge < -0.3 is 5.32 Å². The van der Waals surface area contributed by atoms with Gasteiger partial charge in [-0.3, -0.25) is 9.36 Å². The van der Waals surface area contributed by atoms with Gasteiger partial charge in [-0.05, 0) is 30.7 Å². The predicted octanol–water partition coefficient (Wildman–Crippen LogP) is 4.37. The van der Waals surface area contributed by atoms with Crippen molar-refractivity contribution in [2.24, 2.45) is 0 Å². The Balaban J connectivity index is 1.53. The van der Waals surface area contributed by atoms with Gasteiger partial charge in [-0.1, -0.05) is 29.8 Å². The van der Waals surface area contributed by atoms with Crippen LogP contribution >= 0.6 is 22.9 Å². The van der Waals surface area contributed by atoms with E-state index in [1.54, 1.807) is 12.4 Å². The quantitative estimate of drug-likeness (QED) is 0.570. The van der Waals surface area contributed by atoms with Crippen molar-refractivity contribution in [2.75, 3.05) is 0 Å². The van der Waals surface area contributed by atoms with Gasteiger partial charge in [0.15, 0.2) is 0 Å². The third-order valence-electron chi connectivity index (χ3n) is 4.08. The summed E-state index contributed by atoms with van der Waals surface area (Å²) >= 11 is 7.77. The number of thiophene rings is 1. The average Bonchev–Trinajstić information content (AvgIpc) is 3.24. The second kappa shape index (κ2) is 6.90. The van der Waals surface area contributed by atoms with E-state index >= 15 is 0 Å². The fraction of sp³-hybridized carbons (Fsp3) is 0.105. The zero-order valence-corrected chi connectivity index (χ0v) is 15.5. The van der Waals surface area contributed by atoms with Crippen LogP contribution in [0.3, 0.4) is 0 Å². The van der Waals surface area contributed by atoms with E-state index < -0.39 is 0 Å². The molecule has 0 spiro atoms. The first-order valence-corrected chi connectivity index (χ1v) is 9.23. The maximum atomic E-state index is 12.6. The third kappa shape index (κ3) is 3.09. The molecule has 26 heavy (non-hydrogen) atoms. The molecule has 130 valence electrons. The van der Waals surface area contributed by atoms with Gasteiger partial charge in [-0.2, -0.15) is 0 Å². The molecule has 1 N–H and O–H groups in total. The summed E-state index contributed by atoms with van der Waals surface area (Å²) in [5, 5.41) is 4.35. The minimum absolute atomic E-state index is 0.173. The van der Waals surface area contributed by atoms with E-state index in [4.69, 9.17) is 11.6 Å². The summed E-state index contributed by atoms with van der Waals surface area (Å²) < 4.78 is 2.90. The van der Waals surface area contributed by atoms with Gasteiger partial charge in [0.1, 0.15) is 16.5 Å². The molecule has 1 aromatic carbocycles. The van der Waals surface area contributed by atoms with Crippen LogP contribution in [0.4, 0.5) is 0 Å². The minimum atomic E-state index is -0.173. The lowest BCUT2D eigenvalue weighted by atomic mass is 10.2. The minimum Gasteiger partial charge on any atom is -0.347 e. The monoisotopic (exact) mass is 382 g/mol. The van der Waals surface area contributed by atoms with Crippen LogP contribution in [0.25, 0.3) is 15.9 Å². The number of nitrogens with zero attached hydrogens (tertiary/aromatic N) is 3. The molecule has 0 bridgehead atoms. The van der Waals surface area contributed by atoms with Crippen molar-refractivity contribution in [3.05, 3.63) is 76.3 Å². The summed E-state index contributed by atoms with van der Waals surface area (Å²) in [5.74, 6) is 1.45. The van der Waals surface area contributed by atoms with Crippen molar-refractivity contribution in [1.29, 1.82) is 0 Å². The number of rotatable bonds is 4. The SMILES string of the molecule is Cc1nccn1-c1cc(CNC(=O)c2sc3ccccc3c2Cl)ccn1. The van der Waals surface area contributed by atoms with E-state index in [-0.39, 0.29) is 5.91 Å². The molecule has 4 rings (SSSR count). The molecule has 0 aliphatic rings. The van der Waals surface area contributed by atoms with Gasteiger partial charge in [-0.15, -0.1) is 11.3 Å². The molecule has 4 aromatic rings. The van der Waals surface area contributed by atoms with Crippen LogP contribution in [0.15, 0.2) is 55.0 Å². The zero-order chi connectivity index (χ0) is 18.1. The van der Waals surface area contributed by atoms with Crippen LogP contribution in [0.5, 0.6) is 0 Å². The van der Waals surface area contributed by atoms with Crippen molar-refractivity contribution < 1.29 is 4.79 Å². The van der Waals surface area contributed by atoms with Gasteiger partial charge in [0.2, 0.25) is 0 Å². The van der Waals surface area contributed by atoms with E-state index in [1.165, 1.54) is 11.3 Å². The highest BCUT2D eigenvalue weighted by molar-refractivity contribution is 7.21. The Labute approximate surface area is 159 Å². The van der Waals surface area contributed by atoms with Crippen molar-refractivity contribution >= 4 is 38.9 Å². The highest BCUT2D eigenvalue weighted by atomic mass is 35.5. The van der Waals surface area contributed by atoms with E-state index in [1.807, 2.05) is 54.1 Å². The molecule has 3 aromatic heterocycles. The summed E-state index contributed by atoms with van der Waals surface area (Å²) in [7, 11) is 0. The van der Waals surface area contributed by atoms with Gasteiger partial charge in [0.05, 0.1) is 5.02 Å². The summed E-state index contributed by atoms with van der Waals surface area (Å²) in [6, 6.07) is 11.6. The lowest BCUT2D eigenvalue weighted by molar-refractivity contribution is 0.0955. The number of benzene rings is 1. The Morgan fingerprint density at radius 3 is 2.85 bits per heavy atom. The standard InChI is InChI=1S/C19H15ClN4OS/c1-12-21-8-9-24(12)16-10-13(6-7-22-16)11-23-19(25)18-17(20)14-4-2-3-5-15(14)26-18/h2-10H,11H2,1H3,(H,23,25). The molecule has 0 atom stereocenters. The summed E-state index contributed by atoms with van der Waals surface area (Å²) in [6.07, 6.45) is 5.31. The number of hydrogen-bond donors (Lipinski definition) is 1. The molecule has 0 aliphatic heterocycles. The van der Waals surface area contributed by atoms with Crippen LogP contribution < -0.4 is 5.32 Å². The lowest BCUT2D eigenvalue weighted by Crippen LogP contribution is -2.22. The molecule has 0 aliphatic carbocycles. The van der Waals surface area contributed by atoms with Gasteiger partial charge in [-0.25, -0.2) is 9.97 Å². The van der Waals surface area contributed by atoms with Gasteiger partial charge >= 0.3 is 0 Å². The number of amides is 1. The van der Waals surface area contributed by atoms with E-state index in [0.717, 1.165) is 27.3 Å². The Morgan fingerprint density at radius 2 is 2.08 bits per heavy atom. The smallest absolute Gasteiger partial charge is 0.263 e. The molecule has 0 unspecified atom stereocenters. The van der Waals surface area contributed by atoms with Crippen molar-refractivity contribution in [3.8, 4) is 5.82 Å². The maximum Gasteiger partial charge on any atom is 0.263 e. The topological polar surface area (TPSA) is 59.8 Å². The number of halogens is 1. The maximum absolute atomic E-state index is 12.6. The average molecular weight is 383 g/mol. The Morgan fingerprint density at radius 1 is 1.23 bits per heavy atom. The highest BCUT2D eigenvalue weighted by Gasteiger charge is 2.16. The van der Waals surface area contributed by atoms with Crippen molar-refractivity contribution in [3.63, 3.8) is 0 Å². The van der Waals surface area contributed by atoms with E-state index in [2.05, 4.69) is 15.3 Å². The van der Waals surface area contributed by atoms with Crippen molar-refractivity contribution in [2.45, 2.75) is 13.5 Å². The molecular weight excluding hydrogens is 368 g/mol. The van der Waals surface area contributed by atoms with Gasteiger partial charge in [0.25, 0.3) is 5.91 Å². The Kier molecular flexibility index (Phi) is 4.44. The second-order valence-corrected chi connectivity index (χ2v) is 7.22. The molecule has 1 amide bonds. The molecule has 0 radical (unpaired) electrons. The predicted molar refractivity (Wildman–Crippen MR) is 104 cm³/mol. The number of hydrogen-bond acceptors (Lipinski definition) is 4. The van der Waals surface area contributed by atoms with Crippen LogP contribution in [0.1, 0.15) is 21.1 Å². The fourth-order valence-corrected chi connectivity index (χ4v) is 4.18. The van der Waals surface area contributed by atoms with E-state index in [0.29, 0.717) is 16.4 Å². The van der Waals surface area contributed by atoms with Crippen LogP contribution in [-0.2, 0) is 6.54 Å². The number of carbonyl (C=O) groups excluding carboxylic acids is 1. The first-order valence-electron chi connectivity index (χ1n) is 8.04. The third-order valence-corrected chi connectivity index (χ3v) is 5.75. The molecule has 5 nitrogen and oxygen atoms in total. The fourth-order valence-electron chi connectivity index (χ4n) is 2.75. The first kappa shape index (κ1) is 16.8. The van der Waals surface area contributed by atoms with Gasteiger partial charge in [0, 0.05) is 35.2 Å². The highest BCUT2D eigenvalue weighted by Crippen LogP contribution is 2.35. The molecule has 7 heteroatoms. The number of nitrogens with one attached hydrogen (secondary N) is 1. The normalized spacial score (nSPS) is 11.0. The Bertz CT molecular complexity index is 1100. The Hall–Kier alpha value is -2.70. The summed E-state index contributed by atoms with van der Waals surface area (Å²) in [5.41, 5.74) is 0.952. The second-order valence-electron chi connectivity index (χ2n) is 5.79. The number of fused-ring (bicyclic) bond motifs is 1. The number of aromatic nitrogens is 3. The molecule has 0 saturated carbocycles. The van der Waals surface area contributed by atoms with Crippen LogP contribution in [0, 0.1) is 6.92 Å². The van der Waals surface area contributed by atoms with Crippen LogP contribution in [0.2, 0.25) is 5.02 Å². The number of imidazole rings is 1. The molecule has 0 saturated heterocycles. The number of carbonyl (C=O) groups is 1. The lowest BCUT2D eigenvalue weighted by Gasteiger charge is -2.08. The number of pyridine rings is 1. The van der Waals surface area contributed by atoms with Crippen molar-refractivity contribution in [1.82, 2.24) is 19.9 Å². The zero-order valence-electron chi connectivity index (χ0n) is 13.9. The first-order chi connectivity index (χ1) is 12.6. The molecule has 0 fully saturated rings. The summed E-state index contributed by atoms with van der Waals surface area (Å²) in [6.45, 7) is 2.31. The van der Waals surface area contributed by atoms with E-state index in [9.17, 15) is 4.79 Å². The van der Waals surface area contributed by atoms with Crippen LogP contribution in [-0.4, -0.2) is 20.4 Å². The number of aryl methyl sites for hydroxylation is 1. The molecular formula is C19H15ClN4OS. The summed E-state index contributed by atoms with van der Waals surface area (Å²) in [4.78, 5) is 21.7. The molecule has 3 heterocycles.